The molecular weight excluding hydrogens is 556 g/mol. The number of hydrazine groups is 1. The van der Waals surface area contributed by atoms with Crippen molar-refractivity contribution in [3.05, 3.63) is 81.6 Å². The van der Waals surface area contributed by atoms with Gasteiger partial charge in [-0.2, -0.15) is 0 Å². The van der Waals surface area contributed by atoms with Crippen molar-refractivity contribution in [2.45, 2.75) is 71.1 Å². The number of likely N-dealkylation sites (tertiary alicyclic amines) is 1. The molecule has 0 unspecified atom stereocenters. The molecule has 0 saturated carbocycles. The molecule has 222 valence electrons. The highest BCUT2D eigenvalue weighted by molar-refractivity contribution is 7.09. The predicted octanol–water partition coefficient (Wildman–Crippen LogP) is 4.11. The normalized spacial score (nSPS) is 16.3. The van der Waals surface area contributed by atoms with Gasteiger partial charge >= 0.3 is 6.09 Å². The van der Waals surface area contributed by atoms with E-state index in [4.69, 9.17) is 4.74 Å². The van der Waals surface area contributed by atoms with Crippen LogP contribution < -0.4 is 16.2 Å². The number of thiazole rings is 1. The number of carbonyl (C=O) groups is 4. The van der Waals surface area contributed by atoms with Gasteiger partial charge in [0.15, 0.2) is 0 Å². The molecule has 0 aliphatic carbocycles. The van der Waals surface area contributed by atoms with Crippen molar-refractivity contribution in [2.24, 2.45) is 0 Å². The molecule has 1 aliphatic rings. The number of rotatable bonds is 7. The molecule has 3 heterocycles. The molecule has 4 amide bonds. The molecule has 1 aromatic carbocycles. The van der Waals surface area contributed by atoms with E-state index in [9.17, 15) is 19.2 Å². The van der Waals surface area contributed by atoms with Crippen molar-refractivity contribution >= 4 is 35.2 Å². The fraction of sp³-hybridized carbons (Fsp3) is 0.400. The Bertz CT molecular complexity index is 1450. The van der Waals surface area contributed by atoms with E-state index in [1.165, 1.54) is 17.4 Å². The van der Waals surface area contributed by atoms with Crippen LogP contribution >= 0.6 is 11.3 Å². The van der Waals surface area contributed by atoms with Crippen LogP contribution in [-0.2, 0) is 16.0 Å². The first-order valence-electron chi connectivity index (χ1n) is 13.7. The van der Waals surface area contributed by atoms with Crippen LogP contribution in [0, 0.1) is 6.92 Å². The Hall–Kier alpha value is -4.32. The molecule has 3 N–H and O–H groups in total. The maximum absolute atomic E-state index is 13.4. The van der Waals surface area contributed by atoms with E-state index in [0.29, 0.717) is 6.54 Å². The number of nitrogens with zero attached hydrogens (tertiary/aromatic N) is 3. The molecular formula is C30H36N6O5S. The van der Waals surface area contributed by atoms with E-state index in [1.54, 1.807) is 44.7 Å². The van der Waals surface area contributed by atoms with Gasteiger partial charge in [-0.3, -0.25) is 25.2 Å². The number of nitrogens with one attached hydrogen (secondary N) is 3. The number of alkyl carbamates (subject to hydrolysis) is 1. The van der Waals surface area contributed by atoms with E-state index < -0.39 is 29.0 Å². The molecule has 1 fully saturated rings. The second-order valence-corrected chi connectivity index (χ2v) is 12.3. The summed E-state index contributed by atoms with van der Waals surface area (Å²) in [6.45, 7) is 9.19. The van der Waals surface area contributed by atoms with Gasteiger partial charge in [-0.05, 0) is 65.2 Å². The minimum atomic E-state index is -1.47. The third-order valence-electron chi connectivity index (χ3n) is 6.60. The number of hydrogen-bond donors (Lipinski definition) is 3. The summed E-state index contributed by atoms with van der Waals surface area (Å²) in [5.74, 6) is -1.68. The largest absolute Gasteiger partial charge is 0.444 e. The van der Waals surface area contributed by atoms with Gasteiger partial charge in [-0.25, -0.2) is 14.8 Å². The third kappa shape index (κ3) is 7.69. The molecule has 11 nitrogen and oxygen atoms in total. The average molecular weight is 593 g/mol. The molecule has 42 heavy (non-hydrogen) atoms. The summed E-state index contributed by atoms with van der Waals surface area (Å²) in [6, 6.07) is 13.6. The van der Waals surface area contributed by atoms with Crippen molar-refractivity contribution in [1.29, 1.82) is 0 Å². The van der Waals surface area contributed by atoms with Crippen molar-refractivity contribution in [3.8, 4) is 0 Å². The Morgan fingerprint density at radius 2 is 1.69 bits per heavy atom. The van der Waals surface area contributed by atoms with Gasteiger partial charge in [-0.15, -0.1) is 11.3 Å². The first-order chi connectivity index (χ1) is 19.8. The van der Waals surface area contributed by atoms with E-state index >= 15 is 0 Å². The van der Waals surface area contributed by atoms with Crippen LogP contribution in [0.1, 0.15) is 83.8 Å². The Balaban J connectivity index is 1.45. The highest BCUT2D eigenvalue weighted by Gasteiger charge is 2.37. The molecule has 12 heteroatoms. The first kappa shape index (κ1) is 30.6. The molecule has 2 aromatic heterocycles. The van der Waals surface area contributed by atoms with Gasteiger partial charge in [0.05, 0.1) is 6.04 Å². The lowest BCUT2D eigenvalue weighted by molar-refractivity contribution is -0.127. The monoisotopic (exact) mass is 592 g/mol. The van der Waals surface area contributed by atoms with Gasteiger partial charge in [0.1, 0.15) is 27.5 Å². The Labute approximate surface area is 249 Å². The summed E-state index contributed by atoms with van der Waals surface area (Å²) in [4.78, 5) is 62.9. The topological polar surface area (TPSA) is 143 Å². The summed E-state index contributed by atoms with van der Waals surface area (Å²) in [6.07, 6.45) is 1.01. The maximum Gasteiger partial charge on any atom is 0.408 e. The number of amides is 4. The van der Waals surface area contributed by atoms with E-state index in [-0.39, 0.29) is 29.8 Å². The number of aromatic nitrogens is 2. The average Bonchev–Trinajstić information content (AvgIpc) is 3.59. The van der Waals surface area contributed by atoms with Crippen LogP contribution in [0.2, 0.25) is 0 Å². The minimum Gasteiger partial charge on any atom is -0.444 e. The molecule has 2 atom stereocenters. The summed E-state index contributed by atoms with van der Waals surface area (Å²) < 4.78 is 5.36. The smallest absolute Gasteiger partial charge is 0.408 e. The number of benzene rings is 1. The molecule has 0 bridgehead atoms. The van der Waals surface area contributed by atoms with Gasteiger partial charge in [0.25, 0.3) is 17.7 Å². The van der Waals surface area contributed by atoms with Gasteiger partial charge < -0.3 is 15.0 Å². The SMILES string of the molecule is Cc1csc([C@H]2CCCN2C(=O)c2cccc(C(=O)NNC(=O)[C@@](C)(Cc3ccccc3)NC(=O)OC(C)(C)C)n2)n1. The standard InChI is InChI=1S/C30H36N6O5S/c1-19-18-42-25(31-19)23-15-10-16-36(23)26(38)22-14-9-13-21(32-22)24(37)34-35-27(39)30(5,17-20-11-7-6-8-12-20)33-28(40)41-29(2,3)4/h6-9,11-14,18,23H,10,15-17H2,1-5H3,(H,33,40)(H,34,37)(H,35,39)/t23-,30-/m1/s1. The fourth-order valence-electron chi connectivity index (χ4n) is 4.65. The van der Waals surface area contributed by atoms with E-state index in [1.807, 2.05) is 42.6 Å². The zero-order valence-electron chi connectivity index (χ0n) is 24.4. The maximum atomic E-state index is 13.4. The molecule has 0 spiro atoms. The van der Waals surface area contributed by atoms with Crippen molar-refractivity contribution in [2.75, 3.05) is 6.54 Å². The molecule has 0 radical (unpaired) electrons. The second kappa shape index (κ2) is 12.7. The van der Waals surface area contributed by atoms with Crippen molar-refractivity contribution in [3.63, 3.8) is 0 Å². The van der Waals surface area contributed by atoms with Crippen LogP contribution in [0.15, 0.2) is 53.9 Å². The third-order valence-corrected chi connectivity index (χ3v) is 7.67. The highest BCUT2D eigenvalue weighted by atomic mass is 32.1. The fourth-order valence-corrected chi connectivity index (χ4v) is 5.59. The van der Waals surface area contributed by atoms with Crippen LogP contribution in [0.3, 0.4) is 0 Å². The van der Waals surface area contributed by atoms with Gasteiger partial charge in [-0.1, -0.05) is 36.4 Å². The van der Waals surface area contributed by atoms with E-state index in [0.717, 1.165) is 29.1 Å². The number of hydrogen-bond acceptors (Lipinski definition) is 8. The first-order valence-corrected chi connectivity index (χ1v) is 14.6. The number of pyridine rings is 1. The zero-order chi connectivity index (χ0) is 30.5. The van der Waals surface area contributed by atoms with Crippen LogP contribution in [0.25, 0.3) is 0 Å². The lowest BCUT2D eigenvalue weighted by Gasteiger charge is -2.31. The minimum absolute atomic E-state index is 0.0492. The quantitative estimate of drug-likeness (QED) is 0.351. The van der Waals surface area contributed by atoms with E-state index in [2.05, 4.69) is 26.1 Å². The number of carbonyl (C=O) groups excluding carboxylic acids is 4. The molecule has 4 rings (SSSR count). The lowest BCUT2D eigenvalue weighted by atomic mass is 9.92. The summed E-state index contributed by atoms with van der Waals surface area (Å²) in [5.41, 5.74) is 4.28. The lowest BCUT2D eigenvalue weighted by Crippen LogP contribution is -2.61. The zero-order valence-corrected chi connectivity index (χ0v) is 25.2. The molecule has 3 aromatic rings. The second-order valence-electron chi connectivity index (χ2n) is 11.4. The Morgan fingerprint density at radius 3 is 2.36 bits per heavy atom. The summed E-state index contributed by atoms with van der Waals surface area (Å²) in [5, 5.41) is 5.48. The van der Waals surface area contributed by atoms with Gasteiger partial charge in [0.2, 0.25) is 0 Å². The highest BCUT2D eigenvalue weighted by Crippen LogP contribution is 2.34. The number of aryl methyl sites for hydroxylation is 1. The number of ether oxygens (including phenoxy) is 1. The Kier molecular flexibility index (Phi) is 9.25. The van der Waals surface area contributed by atoms with Crippen LogP contribution in [-0.4, -0.2) is 56.4 Å². The van der Waals surface area contributed by atoms with Crippen LogP contribution in [0.4, 0.5) is 4.79 Å². The summed E-state index contributed by atoms with van der Waals surface area (Å²) >= 11 is 1.52. The molecule has 1 aliphatic heterocycles. The van der Waals surface area contributed by atoms with Crippen molar-refractivity contribution in [1.82, 2.24) is 31.0 Å². The Morgan fingerprint density at radius 1 is 0.976 bits per heavy atom. The van der Waals surface area contributed by atoms with Crippen LogP contribution in [0.5, 0.6) is 0 Å². The van der Waals surface area contributed by atoms with Crippen molar-refractivity contribution < 1.29 is 23.9 Å². The molecule has 1 saturated heterocycles. The predicted molar refractivity (Wildman–Crippen MR) is 158 cm³/mol. The van der Waals surface area contributed by atoms with Gasteiger partial charge in [0, 0.05) is 24.0 Å². The summed E-state index contributed by atoms with van der Waals surface area (Å²) in [7, 11) is 0.